The van der Waals surface area contributed by atoms with E-state index in [4.69, 9.17) is 10.5 Å². The topological polar surface area (TPSA) is 86.0 Å². The zero-order chi connectivity index (χ0) is 15.3. The molecule has 0 aliphatic carbocycles. The van der Waals surface area contributed by atoms with Crippen LogP contribution in [0, 0.1) is 0 Å². The highest BCUT2D eigenvalue weighted by Gasteiger charge is 2.04. The van der Waals surface area contributed by atoms with Gasteiger partial charge in [0.25, 0.3) is 0 Å². The fourth-order valence-corrected chi connectivity index (χ4v) is 2.10. The lowest BCUT2D eigenvalue weighted by molar-refractivity contribution is 0.312. The van der Waals surface area contributed by atoms with Gasteiger partial charge in [0.2, 0.25) is 11.9 Å². The van der Waals surface area contributed by atoms with E-state index < -0.39 is 0 Å². The van der Waals surface area contributed by atoms with Crippen LogP contribution in [-0.2, 0) is 0 Å². The van der Waals surface area contributed by atoms with Crippen molar-refractivity contribution >= 4 is 11.9 Å². The summed E-state index contributed by atoms with van der Waals surface area (Å²) in [4.78, 5) is 12.1. The second kappa shape index (κ2) is 11.1. The first-order chi connectivity index (χ1) is 10.3. The van der Waals surface area contributed by atoms with Crippen molar-refractivity contribution in [3.8, 4) is 6.01 Å². The molecule has 0 saturated carbocycles. The predicted octanol–water partition coefficient (Wildman–Crippen LogP) is 3.41. The monoisotopic (exact) mass is 295 g/mol. The second-order valence-corrected chi connectivity index (χ2v) is 5.13. The van der Waals surface area contributed by atoms with E-state index in [1.54, 1.807) is 0 Å². The van der Waals surface area contributed by atoms with Gasteiger partial charge >= 0.3 is 6.01 Å². The summed E-state index contributed by atoms with van der Waals surface area (Å²) in [6.07, 6.45) is 10.4. The number of ether oxygens (including phenoxy) is 1. The number of nitrogens with two attached hydrogens (primary N) is 1. The van der Waals surface area contributed by atoms with Gasteiger partial charge in [-0.2, -0.15) is 15.0 Å². The summed E-state index contributed by atoms with van der Waals surface area (Å²) in [7, 11) is 0. The van der Waals surface area contributed by atoms with E-state index >= 15 is 0 Å². The molecule has 1 rings (SSSR count). The number of rotatable bonds is 12. The van der Waals surface area contributed by atoms with Gasteiger partial charge in [-0.15, -0.1) is 0 Å². The molecule has 6 nitrogen and oxygen atoms in total. The van der Waals surface area contributed by atoms with Crippen molar-refractivity contribution in [3.63, 3.8) is 0 Å². The van der Waals surface area contributed by atoms with Gasteiger partial charge < -0.3 is 15.8 Å². The molecule has 0 radical (unpaired) electrons. The Kier molecular flexibility index (Phi) is 9.24. The smallest absolute Gasteiger partial charge is 0.323 e. The summed E-state index contributed by atoms with van der Waals surface area (Å²) in [6, 6.07) is 0.281. The highest BCUT2D eigenvalue weighted by Crippen LogP contribution is 2.10. The van der Waals surface area contributed by atoms with Crippen molar-refractivity contribution in [3.05, 3.63) is 0 Å². The maximum Gasteiger partial charge on any atom is 0.323 e. The number of hydrogen-bond acceptors (Lipinski definition) is 6. The third-order valence-corrected chi connectivity index (χ3v) is 3.22. The molecule has 3 N–H and O–H groups in total. The number of aromatic nitrogens is 3. The molecule has 0 spiro atoms. The molecule has 0 fully saturated rings. The Bertz CT molecular complexity index is 386. The van der Waals surface area contributed by atoms with Gasteiger partial charge in [0.15, 0.2) is 0 Å². The normalized spacial score (nSPS) is 10.6. The van der Waals surface area contributed by atoms with Crippen LogP contribution in [0.4, 0.5) is 11.9 Å². The van der Waals surface area contributed by atoms with E-state index in [1.165, 1.54) is 44.9 Å². The van der Waals surface area contributed by atoms with Crippen molar-refractivity contribution in [1.82, 2.24) is 15.0 Å². The molecule has 0 aliphatic heterocycles. The van der Waals surface area contributed by atoms with Crippen molar-refractivity contribution in [1.29, 1.82) is 0 Å². The lowest BCUT2D eigenvalue weighted by atomic mass is 10.1. The van der Waals surface area contributed by atoms with E-state index in [9.17, 15) is 0 Å². The molecule has 21 heavy (non-hydrogen) atoms. The van der Waals surface area contributed by atoms with Crippen molar-refractivity contribution in [2.45, 2.75) is 65.2 Å². The first kappa shape index (κ1) is 17.5. The van der Waals surface area contributed by atoms with E-state index in [-0.39, 0.29) is 12.0 Å². The molecule has 120 valence electrons. The average molecular weight is 295 g/mol. The Hall–Kier alpha value is -1.59. The molecule has 1 aromatic rings. The quantitative estimate of drug-likeness (QED) is 0.575. The largest absolute Gasteiger partial charge is 0.464 e. The molecule has 0 aliphatic rings. The van der Waals surface area contributed by atoms with Gasteiger partial charge in [0.05, 0.1) is 6.61 Å². The van der Waals surface area contributed by atoms with Gasteiger partial charge in [0.1, 0.15) is 0 Å². The predicted molar refractivity (Wildman–Crippen MR) is 86.5 cm³/mol. The fourth-order valence-electron chi connectivity index (χ4n) is 2.10. The minimum atomic E-state index is 0.187. The Labute approximate surface area is 127 Å². The molecule has 0 saturated heterocycles. The number of unbranched alkanes of at least 4 members (excludes halogenated alkanes) is 7. The number of nitrogens with one attached hydrogen (secondary N) is 1. The lowest BCUT2D eigenvalue weighted by Crippen LogP contribution is -2.10. The Morgan fingerprint density at radius 2 is 1.57 bits per heavy atom. The van der Waals surface area contributed by atoms with Gasteiger partial charge in [-0.3, -0.25) is 0 Å². The Morgan fingerprint density at radius 3 is 2.24 bits per heavy atom. The number of nitrogens with zero attached hydrogens (tertiary/aromatic N) is 3. The van der Waals surface area contributed by atoms with Crippen molar-refractivity contribution in [2.75, 3.05) is 24.2 Å². The van der Waals surface area contributed by atoms with Crippen molar-refractivity contribution in [2.24, 2.45) is 0 Å². The maximum atomic E-state index is 5.62. The van der Waals surface area contributed by atoms with Crippen LogP contribution in [0.25, 0.3) is 0 Å². The minimum Gasteiger partial charge on any atom is -0.464 e. The Balaban J connectivity index is 2.12. The van der Waals surface area contributed by atoms with Gasteiger partial charge in [-0.05, 0) is 13.3 Å². The number of anilines is 2. The summed E-state index contributed by atoms with van der Waals surface area (Å²) in [6.45, 7) is 5.50. The van der Waals surface area contributed by atoms with E-state index in [0.29, 0.717) is 12.6 Å². The summed E-state index contributed by atoms with van der Waals surface area (Å²) >= 11 is 0. The molecule has 6 heteroatoms. The van der Waals surface area contributed by atoms with Crippen LogP contribution in [-0.4, -0.2) is 28.1 Å². The molecule has 0 aromatic carbocycles. The molecule has 0 bridgehead atoms. The highest BCUT2D eigenvalue weighted by atomic mass is 16.5. The molecule has 1 heterocycles. The minimum absolute atomic E-state index is 0.187. The summed E-state index contributed by atoms with van der Waals surface area (Å²) < 4.78 is 5.24. The molecule has 0 atom stereocenters. The number of nitrogen functional groups attached to an aromatic ring is 1. The maximum absolute atomic E-state index is 5.62. The Morgan fingerprint density at radius 1 is 0.905 bits per heavy atom. The van der Waals surface area contributed by atoms with Crippen LogP contribution in [0.2, 0.25) is 0 Å². The summed E-state index contributed by atoms with van der Waals surface area (Å²) in [5, 5.41) is 3.17. The van der Waals surface area contributed by atoms with Crippen LogP contribution < -0.4 is 15.8 Å². The standard InChI is InChI=1S/C15H29N5O/c1-3-5-6-7-8-9-10-11-12-17-14-18-13(16)19-15(20-14)21-4-2/h3-12H2,1-2H3,(H3,16,17,18,19,20). The van der Waals surface area contributed by atoms with Gasteiger partial charge in [0, 0.05) is 6.54 Å². The van der Waals surface area contributed by atoms with Crippen LogP contribution in [0.15, 0.2) is 0 Å². The third kappa shape index (κ3) is 8.32. The van der Waals surface area contributed by atoms with E-state index in [2.05, 4.69) is 27.2 Å². The van der Waals surface area contributed by atoms with E-state index in [1.807, 2.05) is 6.92 Å². The summed E-state index contributed by atoms with van der Waals surface area (Å²) in [5.74, 6) is 0.681. The second-order valence-electron chi connectivity index (χ2n) is 5.13. The SMILES string of the molecule is CCCCCCCCCCNc1nc(N)nc(OCC)n1. The van der Waals surface area contributed by atoms with Crippen molar-refractivity contribution < 1.29 is 4.74 Å². The lowest BCUT2D eigenvalue weighted by Gasteiger charge is -2.07. The van der Waals surface area contributed by atoms with Gasteiger partial charge in [-0.1, -0.05) is 51.9 Å². The van der Waals surface area contributed by atoms with E-state index in [0.717, 1.165) is 13.0 Å². The molecular formula is C15H29N5O. The first-order valence-electron chi connectivity index (χ1n) is 8.14. The van der Waals surface area contributed by atoms with Gasteiger partial charge in [-0.25, -0.2) is 0 Å². The molecule has 1 aromatic heterocycles. The summed E-state index contributed by atoms with van der Waals surface area (Å²) in [5.41, 5.74) is 5.62. The zero-order valence-electron chi connectivity index (χ0n) is 13.4. The molecule has 0 unspecified atom stereocenters. The van der Waals surface area contributed by atoms with Crippen LogP contribution >= 0.6 is 0 Å². The first-order valence-corrected chi connectivity index (χ1v) is 8.14. The third-order valence-electron chi connectivity index (χ3n) is 3.22. The van der Waals surface area contributed by atoms with Crippen LogP contribution in [0.5, 0.6) is 6.01 Å². The van der Waals surface area contributed by atoms with Crippen LogP contribution in [0.3, 0.4) is 0 Å². The zero-order valence-corrected chi connectivity index (χ0v) is 13.4. The fraction of sp³-hybridized carbons (Fsp3) is 0.800. The molecule has 0 amide bonds. The number of hydrogen-bond donors (Lipinski definition) is 2. The average Bonchev–Trinajstić information content (AvgIpc) is 2.45. The van der Waals surface area contributed by atoms with Crippen LogP contribution in [0.1, 0.15) is 65.2 Å². The molecular weight excluding hydrogens is 266 g/mol. The highest BCUT2D eigenvalue weighted by molar-refractivity contribution is 5.32.